The van der Waals surface area contributed by atoms with Gasteiger partial charge in [0.2, 0.25) is 0 Å². The summed E-state index contributed by atoms with van der Waals surface area (Å²) in [6, 6.07) is 3.85. The highest BCUT2D eigenvalue weighted by Gasteiger charge is 2.01. The molecule has 2 heterocycles. The van der Waals surface area contributed by atoms with Crippen LogP contribution in [0.5, 0.6) is 0 Å². The molecule has 0 aromatic carbocycles. The van der Waals surface area contributed by atoms with Crippen LogP contribution in [0.4, 0.5) is 0 Å². The van der Waals surface area contributed by atoms with Gasteiger partial charge >= 0.3 is 5.69 Å². The van der Waals surface area contributed by atoms with Gasteiger partial charge in [-0.05, 0) is 27.6 Å². The van der Waals surface area contributed by atoms with Gasteiger partial charge in [0.15, 0.2) is 0 Å². The maximum Gasteiger partial charge on any atom is 0.328 e. The van der Waals surface area contributed by atoms with Crippen LogP contribution in [0.25, 0.3) is 0 Å². The Morgan fingerprint density at radius 2 is 2.26 bits per heavy atom. The molecular formula is C12H13BrN4O2. The molecule has 19 heavy (non-hydrogen) atoms. The summed E-state index contributed by atoms with van der Waals surface area (Å²) < 4.78 is 1.79. The van der Waals surface area contributed by atoms with Crippen molar-refractivity contribution < 1.29 is 0 Å². The van der Waals surface area contributed by atoms with E-state index < -0.39 is 11.2 Å². The molecule has 7 heteroatoms. The van der Waals surface area contributed by atoms with Crippen LogP contribution in [-0.2, 0) is 13.1 Å². The van der Waals surface area contributed by atoms with Crippen molar-refractivity contribution >= 4 is 15.9 Å². The van der Waals surface area contributed by atoms with Gasteiger partial charge in [0, 0.05) is 38.2 Å². The van der Waals surface area contributed by atoms with Crippen molar-refractivity contribution in [2.45, 2.75) is 13.1 Å². The minimum atomic E-state index is -0.412. The first kappa shape index (κ1) is 13.7. The maximum absolute atomic E-state index is 11.5. The topological polar surface area (TPSA) is 79.8 Å². The molecule has 0 radical (unpaired) electrons. The van der Waals surface area contributed by atoms with E-state index in [0.29, 0.717) is 24.1 Å². The number of halogens is 1. The normalized spacial score (nSPS) is 10.6. The van der Waals surface area contributed by atoms with Gasteiger partial charge in [-0.15, -0.1) is 0 Å². The number of hydrogen-bond acceptors (Lipinski definition) is 4. The molecule has 0 bridgehead atoms. The van der Waals surface area contributed by atoms with Crippen molar-refractivity contribution in [2.75, 3.05) is 6.54 Å². The predicted molar refractivity (Wildman–Crippen MR) is 75.0 cm³/mol. The van der Waals surface area contributed by atoms with Crippen molar-refractivity contribution in [3.63, 3.8) is 0 Å². The predicted octanol–water partition coefficient (Wildman–Crippen LogP) is 0.484. The van der Waals surface area contributed by atoms with E-state index in [1.54, 1.807) is 12.4 Å². The summed E-state index contributed by atoms with van der Waals surface area (Å²) in [6.45, 7) is 1.79. The second kappa shape index (κ2) is 6.44. The Hall–Kier alpha value is -1.73. The molecule has 100 valence electrons. The molecule has 6 nitrogen and oxygen atoms in total. The number of aromatic nitrogens is 3. The Bertz CT molecular complexity index is 651. The van der Waals surface area contributed by atoms with E-state index in [0.717, 1.165) is 5.56 Å². The van der Waals surface area contributed by atoms with Crippen molar-refractivity contribution in [2.24, 2.45) is 0 Å². The van der Waals surface area contributed by atoms with Gasteiger partial charge in [-0.2, -0.15) is 0 Å². The lowest BCUT2D eigenvalue weighted by Gasteiger charge is -2.07. The molecule has 0 aliphatic rings. The summed E-state index contributed by atoms with van der Waals surface area (Å²) in [6.07, 6.45) is 5.00. The van der Waals surface area contributed by atoms with Crippen molar-refractivity contribution in [3.05, 3.63) is 61.6 Å². The number of H-pyrrole nitrogens is 1. The number of hydrogen-bond donors (Lipinski definition) is 2. The second-order valence-corrected chi connectivity index (χ2v) is 4.82. The third-order valence-corrected chi connectivity index (χ3v) is 3.11. The Balaban J connectivity index is 1.88. The van der Waals surface area contributed by atoms with E-state index in [1.807, 2.05) is 12.1 Å². The maximum atomic E-state index is 11.5. The summed E-state index contributed by atoms with van der Waals surface area (Å²) in [5, 5.41) is 3.20. The molecule has 2 N–H and O–H groups in total. The standard InChI is InChI=1S/C12H13BrN4O2/c13-10-8-17(12(19)16-11(10)18)5-4-15-7-9-2-1-3-14-6-9/h1-3,6,8,15H,4-5,7H2,(H,16,18,19). The molecule has 0 aliphatic heterocycles. The minimum Gasteiger partial charge on any atom is -0.311 e. The van der Waals surface area contributed by atoms with Crippen LogP contribution in [0.3, 0.4) is 0 Å². The van der Waals surface area contributed by atoms with Gasteiger partial charge in [0.25, 0.3) is 5.56 Å². The third kappa shape index (κ3) is 3.87. The van der Waals surface area contributed by atoms with Gasteiger partial charge in [-0.3, -0.25) is 19.3 Å². The van der Waals surface area contributed by atoms with Gasteiger partial charge in [0.05, 0.1) is 4.47 Å². The molecule has 0 saturated heterocycles. The van der Waals surface area contributed by atoms with E-state index in [-0.39, 0.29) is 0 Å². The van der Waals surface area contributed by atoms with Crippen LogP contribution in [-0.4, -0.2) is 21.1 Å². The molecule has 2 rings (SSSR count). The fourth-order valence-corrected chi connectivity index (χ4v) is 1.93. The van der Waals surface area contributed by atoms with Gasteiger partial charge < -0.3 is 5.32 Å². The molecular weight excluding hydrogens is 312 g/mol. The molecule has 2 aromatic heterocycles. The highest BCUT2D eigenvalue weighted by atomic mass is 79.9. The van der Waals surface area contributed by atoms with Crippen LogP contribution >= 0.6 is 15.9 Å². The van der Waals surface area contributed by atoms with Gasteiger partial charge in [-0.25, -0.2) is 4.79 Å². The highest BCUT2D eigenvalue weighted by molar-refractivity contribution is 9.10. The van der Waals surface area contributed by atoms with Gasteiger partial charge in [-0.1, -0.05) is 6.07 Å². The average molecular weight is 325 g/mol. The zero-order chi connectivity index (χ0) is 13.7. The number of rotatable bonds is 5. The summed E-state index contributed by atoms with van der Waals surface area (Å²) in [5.74, 6) is 0. The molecule has 0 unspecified atom stereocenters. The van der Waals surface area contributed by atoms with Crippen molar-refractivity contribution in [1.29, 1.82) is 0 Å². The first-order valence-electron chi connectivity index (χ1n) is 5.76. The minimum absolute atomic E-state index is 0.347. The van der Waals surface area contributed by atoms with Gasteiger partial charge in [0.1, 0.15) is 0 Å². The number of pyridine rings is 1. The van der Waals surface area contributed by atoms with E-state index in [2.05, 4.69) is 31.2 Å². The molecule has 0 amide bonds. The zero-order valence-corrected chi connectivity index (χ0v) is 11.7. The molecule has 2 aromatic rings. The molecule has 0 aliphatic carbocycles. The molecule has 0 atom stereocenters. The first-order chi connectivity index (χ1) is 9.16. The lowest BCUT2D eigenvalue weighted by atomic mass is 10.3. The average Bonchev–Trinajstić information content (AvgIpc) is 2.41. The molecule has 0 fully saturated rings. The number of nitrogens with one attached hydrogen (secondary N) is 2. The number of nitrogens with zero attached hydrogens (tertiary/aromatic N) is 2. The molecule has 0 spiro atoms. The Morgan fingerprint density at radius 1 is 1.42 bits per heavy atom. The van der Waals surface area contributed by atoms with Crippen molar-refractivity contribution in [1.82, 2.24) is 19.9 Å². The van der Waals surface area contributed by atoms with E-state index in [1.165, 1.54) is 10.8 Å². The Labute approximate surface area is 117 Å². The largest absolute Gasteiger partial charge is 0.328 e. The Morgan fingerprint density at radius 3 is 3.00 bits per heavy atom. The lowest BCUT2D eigenvalue weighted by molar-refractivity contribution is 0.572. The summed E-state index contributed by atoms with van der Waals surface area (Å²) in [5.41, 5.74) is 0.262. The van der Waals surface area contributed by atoms with Crippen LogP contribution in [0, 0.1) is 0 Å². The van der Waals surface area contributed by atoms with E-state index in [4.69, 9.17) is 0 Å². The quantitative estimate of drug-likeness (QED) is 0.784. The van der Waals surface area contributed by atoms with Crippen LogP contribution in [0.2, 0.25) is 0 Å². The monoisotopic (exact) mass is 324 g/mol. The number of aromatic amines is 1. The summed E-state index contributed by atoms with van der Waals surface area (Å²) in [4.78, 5) is 28.9. The SMILES string of the molecule is O=c1[nH]c(=O)n(CCNCc2cccnc2)cc1Br. The zero-order valence-electron chi connectivity index (χ0n) is 10.1. The third-order valence-electron chi connectivity index (χ3n) is 2.55. The van der Waals surface area contributed by atoms with Crippen LogP contribution in [0.15, 0.2) is 44.8 Å². The fraction of sp³-hybridized carbons (Fsp3) is 0.250. The molecule has 0 saturated carbocycles. The van der Waals surface area contributed by atoms with E-state index >= 15 is 0 Å². The van der Waals surface area contributed by atoms with Crippen LogP contribution < -0.4 is 16.6 Å². The highest BCUT2D eigenvalue weighted by Crippen LogP contribution is 1.97. The second-order valence-electron chi connectivity index (χ2n) is 3.97. The van der Waals surface area contributed by atoms with Crippen molar-refractivity contribution in [3.8, 4) is 0 Å². The summed E-state index contributed by atoms with van der Waals surface area (Å²) >= 11 is 3.09. The lowest BCUT2D eigenvalue weighted by Crippen LogP contribution is -2.32. The van der Waals surface area contributed by atoms with Crippen LogP contribution in [0.1, 0.15) is 5.56 Å². The smallest absolute Gasteiger partial charge is 0.311 e. The first-order valence-corrected chi connectivity index (χ1v) is 6.55. The fourth-order valence-electron chi connectivity index (χ4n) is 1.58. The van der Waals surface area contributed by atoms with E-state index in [9.17, 15) is 9.59 Å². The summed E-state index contributed by atoms with van der Waals surface area (Å²) in [7, 11) is 0. The Kier molecular flexibility index (Phi) is 4.64.